The molecule has 8 heteroatoms. The maximum atomic E-state index is 4.85. The van der Waals surface area contributed by atoms with E-state index in [1.807, 2.05) is 6.07 Å². The minimum atomic E-state index is 0.445. The summed E-state index contributed by atoms with van der Waals surface area (Å²) in [6, 6.07) is 17.5. The fourth-order valence-electron chi connectivity index (χ4n) is 4.98. The molecule has 0 saturated carbocycles. The van der Waals surface area contributed by atoms with Crippen molar-refractivity contribution >= 4 is 22.7 Å². The second-order valence-corrected chi connectivity index (χ2v) is 9.87. The van der Waals surface area contributed by atoms with Crippen LogP contribution < -0.4 is 26.6 Å². The first-order valence-corrected chi connectivity index (χ1v) is 13.5. The van der Waals surface area contributed by atoms with E-state index in [0.29, 0.717) is 18.5 Å². The summed E-state index contributed by atoms with van der Waals surface area (Å²) in [5.74, 6) is 1.59. The van der Waals surface area contributed by atoms with E-state index < -0.39 is 0 Å². The Balaban J connectivity index is 1.11. The predicted octanol–water partition coefficient (Wildman–Crippen LogP) is 2.79. The molecule has 2 saturated heterocycles. The highest BCUT2D eigenvalue weighted by Crippen LogP contribution is 2.24. The highest BCUT2D eigenvalue weighted by Gasteiger charge is 2.16. The third kappa shape index (κ3) is 7.13. The number of hydrogen-bond acceptors (Lipinski definition) is 8. The van der Waals surface area contributed by atoms with Crippen LogP contribution in [0.4, 0.5) is 11.8 Å². The number of aromatic nitrogens is 2. The molecule has 1 aromatic heterocycles. The van der Waals surface area contributed by atoms with Gasteiger partial charge in [-0.2, -0.15) is 4.98 Å². The van der Waals surface area contributed by atoms with Gasteiger partial charge in [-0.3, -0.25) is 0 Å². The molecule has 0 radical (unpaired) electrons. The Hall–Kier alpha value is -2.78. The molecule has 5 rings (SSSR count). The number of piperazine rings is 1. The fourth-order valence-corrected chi connectivity index (χ4v) is 4.98. The Bertz CT molecular complexity index is 1070. The van der Waals surface area contributed by atoms with Crippen LogP contribution in [0.15, 0.2) is 48.5 Å². The van der Waals surface area contributed by atoms with Crippen molar-refractivity contribution < 1.29 is 0 Å². The Labute approximate surface area is 214 Å². The summed E-state index contributed by atoms with van der Waals surface area (Å²) < 4.78 is 0. The number of anilines is 2. The predicted molar refractivity (Wildman–Crippen MR) is 148 cm³/mol. The summed E-state index contributed by atoms with van der Waals surface area (Å²) in [7, 11) is 0. The number of hydrogen-bond donors (Lipinski definition) is 5. The molecule has 8 nitrogen and oxygen atoms in total. The van der Waals surface area contributed by atoms with Gasteiger partial charge >= 0.3 is 0 Å². The molecule has 0 atom stereocenters. The number of nitrogens with one attached hydrogen (secondary N) is 5. The summed E-state index contributed by atoms with van der Waals surface area (Å²) in [5, 5.41) is 18.6. The topological polar surface area (TPSA) is 89.2 Å². The lowest BCUT2D eigenvalue weighted by atomic mass is 10.1. The van der Waals surface area contributed by atoms with E-state index in [1.165, 1.54) is 37.2 Å². The van der Waals surface area contributed by atoms with Crippen molar-refractivity contribution in [2.75, 3.05) is 63.0 Å². The normalized spacial score (nSPS) is 17.3. The van der Waals surface area contributed by atoms with Crippen LogP contribution in [0.3, 0.4) is 0 Å². The zero-order valence-corrected chi connectivity index (χ0v) is 21.2. The van der Waals surface area contributed by atoms with Crippen molar-refractivity contribution in [1.82, 2.24) is 30.8 Å². The minimum Gasteiger partial charge on any atom is -0.367 e. The summed E-state index contributed by atoms with van der Waals surface area (Å²) >= 11 is 0. The number of nitrogens with zero attached hydrogens (tertiary/aromatic N) is 3. The van der Waals surface area contributed by atoms with Crippen LogP contribution in [0.25, 0.3) is 10.9 Å². The van der Waals surface area contributed by atoms with E-state index in [9.17, 15) is 0 Å². The molecule has 5 N–H and O–H groups in total. The Morgan fingerprint density at radius 1 is 0.833 bits per heavy atom. The number of fused-ring (bicyclic) bond motifs is 1. The summed E-state index contributed by atoms with van der Waals surface area (Å²) in [6.45, 7) is 10.5. The van der Waals surface area contributed by atoms with Gasteiger partial charge in [-0.25, -0.2) is 4.98 Å². The summed E-state index contributed by atoms with van der Waals surface area (Å²) in [5.41, 5.74) is 3.50. The number of para-hydroxylation sites is 1. The molecule has 0 aliphatic carbocycles. The fraction of sp³-hybridized carbons (Fsp3) is 0.500. The zero-order chi connectivity index (χ0) is 24.4. The van der Waals surface area contributed by atoms with Crippen LogP contribution in [0.2, 0.25) is 0 Å². The van der Waals surface area contributed by atoms with E-state index in [1.54, 1.807) is 0 Å². The number of rotatable bonds is 11. The van der Waals surface area contributed by atoms with Gasteiger partial charge in [-0.15, -0.1) is 0 Å². The maximum Gasteiger partial charge on any atom is 0.225 e. The molecule has 2 fully saturated rings. The van der Waals surface area contributed by atoms with E-state index in [0.717, 1.165) is 68.8 Å². The van der Waals surface area contributed by atoms with Crippen LogP contribution in [0, 0.1) is 0 Å². The largest absolute Gasteiger partial charge is 0.367 e. The molecular weight excluding hydrogens is 448 g/mol. The average molecular weight is 489 g/mol. The molecule has 3 aromatic rings. The highest BCUT2D eigenvalue weighted by atomic mass is 15.2. The molecular formula is C28H40N8. The lowest BCUT2D eigenvalue weighted by Gasteiger charge is -2.27. The van der Waals surface area contributed by atoms with Gasteiger partial charge in [-0.1, -0.05) is 36.4 Å². The van der Waals surface area contributed by atoms with Gasteiger partial charge in [0.15, 0.2) is 0 Å². The second kappa shape index (κ2) is 13.0. The quantitative estimate of drug-likeness (QED) is 0.263. The average Bonchev–Trinajstić information content (AvgIpc) is 2.93. The van der Waals surface area contributed by atoms with E-state index >= 15 is 0 Å². The van der Waals surface area contributed by atoms with Crippen molar-refractivity contribution in [3.63, 3.8) is 0 Å². The van der Waals surface area contributed by atoms with Crippen LogP contribution in [0.1, 0.15) is 30.4 Å². The first-order chi connectivity index (χ1) is 17.8. The third-order valence-electron chi connectivity index (χ3n) is 7.12. The van der Waals surface area contributed by atoms with Gasteiger partial charge in [0.2, 0.25) is 5.95 Å². The molecule has 2 aliphatic heterocycles. The van der Waals surface area contributed by atoms with Crippen molar-refractivity contribution in [2.24, 2.45) is 0 Å². The van der Waals surface area contributed by atoms with Crippen molar-refractivity contribution in [2.45, 2.75) is 38.4 Å². The number of piperidine rings is 1. The molecule has 192 valence electrons. The molecule has 0 spiro atoms. The molecule has 3 heterocycles. The van der Waals surface area contributed by atoms with Gasteiger partial charge in [0.25, 0.3) is 0 Å². The SMILES string of the molecule is c1ccc2c(NC3CCNCC3)nc(NCc3ccc(CNCCCN4CCNCC4)cc3)nc2c1. The lowest BCUT2D eigenvalue weighted by Crippen LogP contribution is -2.44. The summed E-state index contributed by atoms with van der Waals surface area (Å²) in [4.78, 5) is 12.2. The molecule has 2 aliphatic rings. The monoisotopic (exact) mass is 488 g/mol. The Morgan fingerprint density at radius 3 is 2.36 bits per heavy atom. The zero-order valence-electron chi connectivity index (χ0n) is 21.2. The third-order valence-corrected chi connectivity index (χ3v) is 7.12. The van der Waals surface area contributed by atoms with Gasteiger partial charge < -0.3 is 31.5 Å². The van der Waals surface area contributed by atoms with Crippen molar-refractivity contribution in [1.29, 1.82) is 0 Å². The van der Waals surface area contributed by atoms with E-state index in [4.69, 9.17) is 9.97 Å². The molecule has 2 aromatic carbocycles. The minimum absolute atomic E-state index is 0.445. The molecule has 0 amide bonds. The highest BCUT2D eigenvalue weighted by molar-refractivity contribution is 5.90. The smallest absolute Gasteiger partial charge is 0.225 e. The Morgan fingerprint density at radius 2 is 1.56 bits per heavy atom. The maximum absolute atomic E-state index is 4.85. The first kappa shape index (κ1) is 24.9. The lowest BCUT2D eigenvalue weighted by molar-refractivity contribution is 0.237. The molecule has 0 unspecified atom stereocenters. The van der Waals surface area contributed by atoms with Crippen molar-refractivity contribution in [3.8, 4) is 0 Å². The van der Waals surface area contributed by atoms with Gasteiger partial charge in [0.1, 0.15) is 5.82 Å². The summed E-state index contributed by atoms with van der Waals surface area (Å²) in [6.07, 6.45) is 3.42. The van der Waals surface area contributed by atoms with Crippen molar-refractivity contribution in [3.05, 3.63) is 59.7 Å². The van der Waals surface area contributed by atoms with E-state index in [-0.39, 0.29) is 0 Å². The van der Waals surface area contributed by atoms with Crippen LogP contribution >= 0.6 is 0 Å². The number of benzene rings is 2. The van der Waals surface area contributed by atoms with Gasteiger partial charge in [-0.05, 0) is 68.7 Å². The van der Waals surface area contributed by atoms with Gasteiger partial charge in [0, 0.05) is 50.7 Å². The standard InChI is InChI=1S/C28H40N8/c1-2-5-26-25(4-1)27(33-24-10-13-29-14-11-24)35-28(34-26)32-21-23-8-6-22(7-9-23)20-31-12-3-17-36-18-15-30-16-19-36/h1-2,4-9,24,29-31H,3,10-21H2,(H2,32,33,34,35). The van der Waals surface area contributed by atoms with Crippen LogP contribution in [0.5, 0.6) is 0 Å². The molecule has 0 bridgehead atoms. The van der Waals surface area contributed by atoms with Crippen LogP contribution in [-0.4, -0.2) is 73.3 Å². The molecule has 36 heavy (non-hydrogen) atoms. The van der Waals surface area contributed by atoms with Crippen LogP contribution in [-0.2, 0) is 13.1 Å². The first-order valence-electron chi connectivity index (χ1n) is 13.5. The van der Waals surface area contributed by atoms with Gasteiger partial charge in [0.05, 0.1) is 5.52 Å². The Kier molecular flexibility index (Phi) is 8.96. The second-order valence-electron chi connectivity index (χ2n) is 9.87. The van der Waals surface area contributed by atoms with E-state index in [2.05, 4.69) is 73.9 Å².